The van der Waals surface area contributed by atoms with E-state index in [9.17, 15) is 14.9 Å². The van der Waals surface area contributed by atoms with Crippen LogP contribution in [0.5, 0.6) is 0 Å². The molecule has 0 N–H and O–H groups in total. The summed E-state index contributed by atoms with van der Waals surface area (Å²) in [4.78, 5) is 26.1. The second kappa shape index (κ2) is 6.60. The number of nitrogens with zero attached hydrogens (tertiary/aromatic N) is 3. The molecule has 0 heterocycles. The van der Waals surface area contributed by atoms with Gasteiger partial charge in [-0.25, -0.2) is 4.79 Å². The number of hydrogen-bond acceptors (Lipinski definition) is 3. The van der Waals surface area contributed by atoms with E-state index in [4.69, 9.17) is 0 Å². The fourth-order valence-corrected chi connectivity index (χ4v) is 2.74. The van der Waals surface area contributed by atoms with Crippen molar-refractivity contribution in [3.05, 3.63) is 76.8 Å². The standard InChI is InChI=1S/C19H17N3O3/c1-20(15-10-12-16(13-11-15)22(24)25)19(23)21(2)18-9-5-7-14-6-3-4-8-17(14)18/h3-13H,1-2H3. The van der Waals surface area contributed by atoms with E-state index in [1.807, 2.05) is 42.5 Å². The molecular weight excluding hydrogens is 318 g/mol. The molecule has 0 aromatic heterocycles. The Balaban J connectivity index is 1.89. The monoisotopic (exact) mass is 335 g/mol. The predicted octanol–water partition coefficient (Wildman–Crippen LogP) is 4.44. The lowest BCUT2D eigenvalue weighted by Gasteiger charge is -2.26. The van der Waals surface area contributed by atoms with Crippen LogP contribution in [0.15, 0.2) is 66.7 Å². The summed E-state index contributed by atoms with van der Waals surface area (Å²) in [6, 6.07) is 19.3. The number of nitro groups is 1. The van der Waals surface area contributed by atoms with Crippen molar-refractivity contribution in [1.82, 2.24) is 0 Å². The Morgan fingerprint density at radius 1 is 0.880 bits per heavy atom. The van der Waals surface area contributed by atoms with Crippen molar-refractivity contribution >= 4 is 33.9 Å². The first-order valence-corrected chi connectivity index (χ1v) is 7.72. The minimum Gasteiger partial charge on any atom is -0.297 e. The van der Waals surface area contributed by atoms with E-state index in [0.717, 1.165) is 16.5 Å². The van der Waals surface area contributed by atoms with Gasteiger partial charge in [-0.2, -0.15) is 0 Å². The molecule has 126 valence electrons. The summed E-state index contributed by atoms with van der Waals surface area (Å²) in [6.07, 6.45) is 0. The normalized spacial score (nSPS) is 10.5. The lowest BCUT2D eigenvalue weighted by Crippen LogP contribution is -2.39. The van der Waals surface area contributed by atoms with Crippen LogP contribution >= 0.6 is 0 Å². The maximum atomic E-state index is 12.8. The maximum Gasteiger partial charge on any atom is 0.328 e. The number of carbonyl (C=O) groups is 1. The Morgan fingerprint density at radius 2 is 1.52 bits per heavy atom. The fraction of sp³-hybridized carbons (Fsp3) is 0.105. The van der Waals surface area contributed by atoms with Gasteiger partial charge in [0, 0.05) is 37.3 Å². The van der Waals surface area contributed by atoms with Crippen LogP contribution in [-0.2, 0) is 0 Å². The van der Waals surface area contributed by atoms with E-state index in [0.29, 0.717) is 5.69 Å². The number of hydrogen-bond donors (Lipinski definition) is 0. The zero-order chi connectivity index (χ0) is 18.0. The van der Waals surface area contributed by atoms with E-state index < -0.39 is 4.92 Å². The molecule has 0 radical (unpaired) electrons. The first kappa shape index (κ1) is 16.4. The van der Waals surface area contributed by atoms with Gasteiger partial charge in [-0.15, -0.1) is 0 Å². The van der Waals surface area contributed by atoms with Gasteiger partial charge in [0.2, 0.25) is 0 Å². The molecule has 6 nitrogen and oxygen atoms in total. The van der Waals surface area contributed by atoms with Gasteiger partial charge in [0.05, 0.1) is 10.6 Å². The lowest BCUT2D eigenvalue weighted by atomic mass is 10.1. The van der Waals surface area contributed by atoms with Gasteiger partial charge in [-0.05, 0) is 23.6 Å². The summed E-state index contributed by atoms with van der Waals surface area (Å²) in [5.74, 6) is 0. The number of non-ortho nitro benzene ring substituents is 1. The topological polar surface area (TPSA) is 66.7 Å². The molecule has 25 heavy (non-hydrogen) atoms. The van der Waals surface area contributed by atoms with Crippen LogP contribution in [-0.4, -0.2) is 25.0 Å². The molecule has 3 aromatic rings. The molecular formula is C19H17N3O3. The predicted molar refractivity (Wildman–Crippen MR) is 99.2 cm³/mol. The highest BCUT2D eigenvalue weighted by atomic mass is 16.6. The van der Waals surface area contributed by atoms with Crippen molar-refractivity contribution < 1.29 is 9.72 Å². The molecule has 0 saturated heterocycles. The Morgan fingerprint density at radius 3 is 2.20 bits per heavy atom. The molecule has 0 aliphatic rings. The Kier molecular flexibility index (Phi) is 4.35. The van der Waals surface area contributed by atoms with Crippen molar-refractivity contribution in [2.24, 2.45) is 0 Å². The highest BCUT2D eigenvalue weighted by molar-refractivity contribution is 6.08. The van der Waals surface area contributed by atoms with Gasteiger partial charge in [0.15, 0.2) is 0 Å². The van der Waals surface area contributed by atoms with Crippen LogP contribution in [0.4, 0.5) is 21.9 Å². The van der Waals surface area contributed by atoms with E-state index >= 15 is 0 Å². The Labute approximate surface area is 145 Å². The molecule has 0 aliphatic carbocycles. The molecule has 0 unspecified atom stereocenters. The zero-order valence-electron chi connectivity index (χ0n) is 13.9. The van der Waals surface area contributed by atoms with Crippen LogP contribution in [0.25, 0.3) is 10.8 Å². The molecule has 0 saturated carbocycles. The van der Waals surface area contributed by atoms with Gasteiger partial charge in [0.25, 0.3) is 5.69 Å². The number of amides is 2. The number of fused-ring (bicyclic) bond motifs is 1. The van der Waals surface area contributed by atoms with Crippen LogP contribution < -0.4 is 9.80 Å². The molecule has 3 aromatic carbocycles. The highest BCUT2D eigenvalue weighted by Crippen LogP contribution is 2.27. The van der Waals surface area contributed by atoms with Crippen molar-refractivity contribution in [3.8, 4) is 0 Å². The summed E-state index contributed by atoms with van der Waals surface area (Å²) in [5, 5.41) is 12.8. The smallest absolute Gasteiger partial charge is 0.297 e. The van der Waals surface area contributed by atoms with Crippen molar-refractivity contribution in [3.63, 3.8) is 0 Å². The largest absolute Gasteiger partial charge is 0.328 e. The molecule has 0 fully saturated rings. The average molecular weight is 335 g/mol. The third-order valence-corrected chi connectivity index (χ3v) is 4.15. The molecule has 0 atom stereocenters. The SMILES string of the molecule is CN(C(=O)N(C)c1cccc2ccccc12)c1ccc([N+](=O)[O-])cc1. The molecule has 0 spiro atoms. The number of benzene rings is 3. The average Bonchev–Trinajstić information content (AvgIpc) is 2.65. The molecule has 3 rings (SSSR count). The first-order chi connectivity index (χ1) is 12.0. The molecule has 0 bridgehead atoms. The van der Waals surface area contributed by atoms with E-state index in [-0.39, 0.29) is 11.7 Å². The Hall–Kier alpha value is -3.41. The Bertz CT molecular complexity index is 933. The van der Waals surface area contributed by atoms with Gasteiger partial charge in [0.1, 0.15) is 0 Å². The fourth-order valence-electron chi connectivity index (χ4n) is 2.74. The second-order valence-corrected chi connectivity index (χ2v) is 5.67. The molecule has 2 amide bonds. The number of anilines is 2. The maximum absolute atomic E-state index is 12.8. The van der Waals surface area contributed by atoms with E-state index in [1.54, 1.807) is 31.1 Å². The summed E-state index contributed by atoms with van der Waals surface area (Å²) in [6.45, 7) is 0. The highest BCUT2D eigenvalue weighted by Gasteiger charge is 2.19. The van der Waals surface area contributed by atoms with Gasteiger partial charge in [-0.3, -0.25) is 19.9 Å². The summed E-state index contributed by atoms with van der Waals surface area (Å²) >= 11 is 0. The van der Waals surface area contributed by atoms with Gasteiger partial charge >= 0.3 is 6.03 Å². The van der Waals surface area contributed by atoms with Crippen molar-refractivity contribution in [2.45, 2.75) is 0 Å². The van der Waals surface area contributed by atoms with Crippen LogP contribution in [0.3, 0.4) is 0 Å². The van der Waals surface area contributed by atoms with Crippen LogP contribution in [0.2, 0.25) is 0 Å². The second-order valence-electron chi connectivity index (χ2n) is 5.67. The number of nitro benzene ring substituents is 1. The van der Waals surface area contributed by atoms with Crippen LogP contribution in [0.1, 0.15) is 0 Å². The lowest BCUT2D eigenvalue weighted by molar-refractivity contribution is -0.384. The third-order valence-electron chi connectivity index (χ3n) is 4.15. The molecule has 0 aliphatic heterocycles. The first-order valence-electron chi connectivity index (χ1n) is 7.72. The summed E-state index contributed by atoms with van der Waals surface area (Å²) in [7, 11) is 3.36. The van der Waals surface area contributed by atoms with Crippen molar-refractivity contribution in [1.29, 1.82) is 0 Å². The number of rotatable bonds is 3. The number of carbonyl (C=O) groups excluding carboxylic acids is 1. The van der Waals surface area contributed by atoms with Gasteiger partial charge in [-0.1, -0.05) is 36.4 Å². The summed E-state index contributed by atoms with van der Waals surface area (Å²) in [5.41, 5.74) is 1.38. The summed E-state index contributed by atoms with van der Waals surface area (Å²) < 4.78 is 0. The zero-order valence-corrected chi connectivity index (χ0v) is 13.9. The minimum atomic E-state index is -0.464. The third kappa shape index (κ3) is 3.14. The van der Waals surface area contributed by atoms with E-state index in [2.05, 4.69) is 0 Å². The van der Waals surface area contributed by atoms with Gasteiger partial charge < -0.3 is 0 Å². The minimum absolute atomic E-state index is 0.00740. The molecule has 6 heteroatoms. The quantitative estimate of drug-likeness (QED) is 0.525. The number of urea groups is 1. The van der Waals surface area contributed by atoms with Crippen molar-refractivity contribution in [2.75, 3.05) is 23.9 Å². The van der Waals surface area contributed by atoms with Crippen LogP contribution in [0, 0.1) is 10.1 Å². The van der Waals surface area contributed by atoms with E-state index in [1.165, 1.54) is 17.0 Å².